The molecular weight excluding hydrogens is 448 g/mol. The van der Waals surface area contributed by atoms with Crippen molar-refractivity contribution in [3.63, 3.8) is 0 Å². The molecule has 3 rings (SSSR count). The topological polar surface area (TPSA) is 35.5 Å². The highest BCUT2D eigenvalue weighted by atomic mass is 19.3. The Morgan fingerprint density at radius 2 is 1.44 bits per heavy atom. The maximum Gasteiger partial charge on any atom is 0.461 e. The van der Waals surface area contributed by atoms with Gasteiger partial charge in [-0.05, 0) is 80.5 Å². The average Bonchev–Trinajstić information content (AvgIpc) is 2.83. The van der Waals surface area contributed by atoms with Crippen LogP contribution in [0, 0.1) is 23.7 Å². The molecule has 3 nitrogen and oxygen atoms in total. The van der Waals surface area contributed by atoms with Crippen molar-refractivity contribution >= 4 is 5.97 Å². The van der Waals surface area contributed by atoms with E-state index >= 15 is 0 Å². The number of hydrogen-bond acceptors (Lipinski definition) is 3. The van der Waals surface area contributed by atoms with Crippen LogP contribution in [0.25, 0.3) is 0 Å². The van der Waals surface area contributed by atoms with Crippen molar-refractivity contribution in [2.45, 2.75) is 103 Å². The van der Waals surface area contributed by atoms with Crippen LogP contribution >= 0.6 is 0 Å². The monoisotopic (exact) mass is 486 g/mol. The predicted octanol–water partition coefficient (Wildman–Crippen LogP) is 8.41. The van der Waals surface area contributed by atoms with Crippen molar-refractivity contribution in [3.05, 3.63) is 24.3 Å². The van der Waals surface area contributed by atoms with E-state index in [-0.39, 0.29) is 17.6 Å². The molecule has 2 fully saturated rings. The summed E-state index contributed by atoms with van der Waals surface area (Å²) in [6.45, 7) is 2.25. The van der Waals surface area contributed by atoms with Crippen LogP contribution in [-0.4, -0.2) is 18.5 Å². The summed E-state index contributed by atoms with van der Waals surface area (Å²) in [7, 11) is 0. The Balaban J connectivity index is 1.37. The normalized spacial score (nSPS) is 25.8. The Kier molecular flexibility index (Phi) is 10.1. The summed E-state index contributed by atoms with van der Waals surface area (Å²) in [5, 5.41) is 0. The average molecular weight is 487 g/mol. The van der Waals surface area contributed by atoms with Gasteiger partial charge < -0.3 is 9.47 Å². The maximum atomic E-state index is 13.0. The molecule has 0 spiro atoms. The molecule has 2 aliphatic carbocycles. The number of carbonyl (C=O) groups is 1. The van der Waals surface area contributed by atoms with Crippen molar-refractivity contribution in [1.29, 1.82) is 0 Å². The molecule has 0 radical (unpaired) electrons. The van der Waals surface area contributed by atoms with E-state index in [4.69, 9.17) is 4.74 Å². The summed E-state index contributed by atoms with van der Waals surface area (Å²) in [6, 6.07) is 4.74. The van der Waals surface area contributed by atoms with Crippen LogP contribution < -0.4 is 9.47 Å². The lowest BCUT2D eigenvalue weighted by atomic mass is 9.68. The number of halogens is 4. The van der Waals surface area contributed by atoms with Gasteiger partial charge in [0.1, 0.15) is 11.5 Å². The molecule has 2 saturated carbocycles. The van der Waals surface area contributed by atoms with E-state index in [1.54, 1.807) is 0 Å². The van der Waals surface area contributed by atoms with Gasteiger partial charge in [0, 0.05) is 0 Å². The molecule has 2 aliphatic rings. The van der Waals surface area contributed by atoms with E-state index in [1.807, 2.05) is 0 Å². The molecule has 7 heteroatoms. The molecule has 0 heterocycles. The molecular formula is C27H38F4O3. The first-order valence-electron chi connectivity index (χ1n) is 12.9. The summed E-state index contributed by atoms with van der Waals surface area (Å²) < 4.78 is 59.9. The molecule has 1 aromatic carbocycles. The molecule has 192 valence electrons. The van der Waals surface area contributed by atoms with Gasteiger partial charge in [-0.15, -0.1) is 0 Å². The van der Waals surface area contributed by atoms with Crippen LogP contribution in [0.4, 0.5) is 17.6 Å². The Morgan fingerprint density at radius 3 is 2.00 bits per heavy atom. The van der Waals surface area contributed by atoms with Gasteiger partial charge >= 0.3 is 18.5 Å². The zero-order valence-corrected chi connectivity index (χ0v) is 20.1. The molecule has 0 unspecified atom stereocenters. The molecule has 0 saturated heterocycles. The number of benzene rings is 1. The largest absolute Gasteiger partial charge is 0.461 e. The fraction of sp³-hybridized carbons (Fsp3) is 0.741. The van der Waals surface area contributed by atoms with E-state index in [9.17, 15) is 22.4 Å². The number of hydrogen-bond donors (Lipinski definition) is 0. The first kappa shape index (κ1) is 26.8. The van der Waals surface area contributed by atoms with Crippen LogP contribution in [0.15, 0.2) is 24.3 Å². The van der Waals surface area contributed by atoms with E-state index in [1.165, 1.54) is 69.9 Å². The third-order valence-corrected chi connectivity index (χ3v) is 7.68. The molecule has 0 N–H and O–H groups in total. The third kappa shape index (κ3) is 7.88. The highest BCUT2D eigenvalue weighted by Crippen LogP contribution is 2.42. The lowest BCUT2D eigenvalue weighted by Gasteiger charge is -2.37. The Labute approximate surface area is 200 Å². The van der Waals surface area contributed by atoms with E-state index in [0.29, 0.717) is 5.92 Å². The fourth-order valence-corrected chi connectivity index (χ4v) is 5.61. The Bertz CT molecular complexity index is 737. The van der Waals surface area contributed by atoms with Crippen LogP contribution in [0.5, 0.6) is 11.5 Å². The van der Waals surface area contributed by atoms with Gasteiger partial charge in [0.2, 0.25) is 0 Å². The Morgan fingerprint density at radius 1 is 0.882 bits per heavy atom. The number of unbranched alkanes of at least 4 members (excludes halogenated alkanes) is 3. The zero-order valence-electron chi connectivity index (χ0n) is 20.1. The summed E-state index contributed by atoms with van der Waals surface area (Å²) >= 11 is 0. The standard InChI is InChI=1S/C27H38F4O3/c1-2-3-4-5-6-19-7-9-20(10-8-19)21-11-13-22(14-12-21)25(32)33-23-15-17-24(18-16-23)34-27(30,31)26(28)29/h15-22,26H,2-14H2,1H3/t19-,20-,21?,22?. The van der Waals surface area contributed by atoms with Crippen LogP contribution in [-0.2, 0) is 4.79 Å². The van der Waals surface area contributed by atoms with Gasteiger partial charge in [0.05, 0.1) is 5.92 Å². The minimum Gasteiger partial charge on any atom is -0.428 e. The van der Waals surface area contributed by atoms with Crippen molar-refractivity contribution in [2.75, 3.05) is 0 Å². The zero-order chi connectivity index (χ0) is 24.6. The molecule has 1 aromatic rings. The lowest BCUT2D eigenvalue weighted by Crippen LogP contribution is -2.33. The minimum absolute atomic E-state index is 0.162. The molecule has 0 bridgehead atoms. The number of carbonyl (C=O) groups excluding carboxylic acids is 1. The van der Waals surface area contributed by atoms with Crippen molar-refractivity contribution in [2.24, 2.45) is 23.7 Å². The van der Waals surface area contributed by atoms with Crippen molar-refractivity contribution < 1.29 is 31.8 Å². The Hall–Kier alpha value is -1.79. The number of rotatable bonds is 11. The first-order valence-corrected chi connectivity index (χ1v) is 12.9. The molecule has 0 amide bonds. The SMILES string of the molecule is CCCCCC[C@H]1CC[C@H](C2CCC(C(=O)Oc3ccc(OC(F)(F)C(F)F)cc3)CC2)CC1. The van der Waals surface area contributed by atoms with E-state index < -0.39 is 18.3 Å². The van der Waals surface area contributed by atoms with E-state index in [2.05, 4.69) is 11.7 Å². The number of ether oxygens (including phenoxy) is 2. The summed E-state index contributed by atoms with van der Waals surface area (Å²) in [5.41, 5.74) is 0. The second-order valence-corrected chi connectivity index (χ2v) is 10.1. The molecule has 0 atom stereocenters. The van der Waals surface area contributed by atoms with Crippen molar-refractivity contribution in [3.8, 4) is 11.5 Å². The maximum absolute atomic E-state index is 13.0. The summed E-state index contributed by atoms with van der Waals surface area (Å²) in [6.07, 6.45) is 7.29. The smallest absolute Gasteiger partial charge is 0.428 e. The van der Waals surface area contributed by atoms with E-state index in [0.717, 1.165) is 49.7 Å². The highest BCUT2D eigenvalue weighted by molar-refractivity contribution is 5.75. The van der Waals surface area contributed by atoms with Crippen molar-refractivity contribution in [1.82, 2.24) is 0 Å². The third-order valence-electron chi connectivity index (χ3n) is 7.68. The predicted molar refractivity (Wildman–Crippen MR) is 123 cm³/mol. The van der Waals surface area contributed by atoms with Gasteiger partial charge in [-0.25, -0.2) is 0 Å². The number of alkyl halides is 4. The second kappa shape index (κ2) is 12.8. The minimum atomic E-state index is -4.56. The van der Waals surface area contributed by atoms with Gasteiger partial charge in [-0.2, -0.15) is 17.6 Å². The molecule has 0 aliphatic heterocycles. The van der Waals surface area contributed by atoms with Gasteiger partial charge in [0.15, 0.2) is 0 Å². The first-order chi connectivity index (χ1) is 16.3. The van der Waals surface area contributed by atoms with Gasteiger partial charge in [0.25, 0.3) is 0 Å². The second-order valence-electron chi connectivity index (χ2n) is 10.1. The van der Waals surface area contributed by atoms with Gasteiger partial charge in [-0.1, -0.05) is 51.9 Å². The van der Waals surface area contributed by atoms with Crippen LogP contribution in [0.3, 0.4) is 0 Å². The summed E-state index contributed by atoms with van der Waals surface area (Å²) in [5.74, 6) is 1.67. The highest BCUT2D eigenvalue weighted by Gasteiger charge is 2.44. The lowest BCUT2D eigenvalue weighted by molar-refractivity contribution is -0.253. The summed E-state index contributed by atoms with van der Waals surface area (Å²) in [4.78, 5) is 12.6. The number of esters is 1. The van der Waals surface area contributed by atoms with Gasteiger partial charge in [-0.3, -0.25) is 4.79 Å². The van der Waals surface area contributed by atoms with Crippen LogP contribution in [0.2, 0.25) is 0 Å². The van der Waals surface area contributed by atoms with Crippen LogP contribution in [0.1, 0.15) is 90.4 Å². The molecule has 34 heavy (non-hydrogen) atoms. The fourth-order valence-electron chi connectivity index (χ4n) is 5.61. The quantitative estimate of drug-likeness (QED) is 0.136. The molecule has 0 aromatic heterocycles.